The van der Waals surface area contributed by atoms with Gasteiger partial charge in [0.25, 0.3) is 0 Å². The number of hydrogen-bond donors (Lipinski definition) is 0. The van der Waals surface area contributed by atoms with E-state index in [2.05, 4.69) is 26.1 Å². The summed E-state index contributed by atoms with van der Waals surface area (Å²) in [5.41, 5.74) is 1.00. The second-order valence-corrected chi connectivity index (χ2v) is 6.45. The fraction of sp³-hybridized carbons (Fsp3) is 0.143. The predicted molar refractivity (Wildman–Crippen MR) is 86.1 cm³/mol. The predicted octanol–water partition coefficient (Wildman–Crippen LogP) is 2.79. The summed E-state index contributed by atoms with van der Waals surface area (Å²) in [6.45, 7) is 0. The summed E-state index contributed by atoms with van der Waals surface area (Å²) in [7, 11) is 1.86. The van der Waals surface area contributed by atoms with Gasteiger partial charge in [-0.2, -0.15) is 0 Å². The first-order valence-corrected chi connectivity index (χ1v) is 8.04. The fourth-order valence-corrected chi connectivity index (χ4v) is 3.38. The molecule has 0 aliphatic rings. The van der Waals surface area contributed by atoms with Crippen LogP contribution in [0.3, 0.4) is 0 Å². The number of nitrogens with zero attached hydrogens (tertiary/aromatic N) is 3. The molecule has 6 nitrogen and oxygen atoms in total. The Hall–Kier alpha value is -1.93. The number of aromatic nitrogens is 3. The molecule has 2 aromatic heterocycles. The van der Waals surface area contributed by atoms with Crippen molar-refractivity contribution in [3.63, 3.8) is 0 Å². The van der Waals surface area contributed by atoms with Gasteiger partial charge in [0, 0.05) is 22.8 Å². The minimum Gasteiger partial charge on any atom is -0.463 e. The van der Waals surface area contributed by atoms with E-state index in [-0.39, 0.29) is 11.0 Å². The second-order valence-electron chi connectivity index (χ2n) is 4.59. The first-order chi connectivity index (χ1) is 10.6. The molecule has 0 unspecified atom stereocenters. The van der Waals surface area contributed by atoms with Crippen LogP contribution in [0.2, 0.25) is 0 Å². The lowest BCUT2D eigenvalue weighted by Crippen LogP contribution is -2.08. The average Bonchev–Trinajstić information content (AvgIpc) is 2.91. The highest BCUT2D eigenvalue weighted by Gasteiger charge is 2.13. The minimum atomic E-state index is -0.331. The van der Waals surface area contributed by atoms with Gasteiger partial charge in [0.15, 0.2) is 11.4 Å². The van der Waals surface area contributed by atoms with Crippen LogP contribution in [0.1, 0.15) is 15.9 Å². The van der Waals surface area contributed by atoms with Crippen LogP contribution in [-0.2, 0) is 12.8 Å². The maximum atomic E-state index is 12.2. The van der Waals surface area contributed by atoms with Crippen molar-refractivity contribution in [2.75, 3.05) is 0 Å². The third-order valence-corrected chi connectivity index (χ3v) is 4.64. The summed E-state index contributed by atoms with van der Waals surface area (Å²) < 4.78 is 8.06. The molecule has 0 atom stereocenters. The lowest BCUT2D eigenvalue weighted by molar-refractivity contribution is 0.112. The van der Waals surface area contributed by atoms with E-state index in [0.717, 1.165) is 15.2 Å². The number of rotatable bonds is 4. The van der Waals surface area contributed by atoms with Crippen LogP contribution in [0, 0.1) is 0 Å². The van der Waals surface area contributed by atoms with Gasteiger partial charge in [0.05, 0.1) is 10.9 Å². The van der Waals surface area contributed by atoms with Crippen molar-refractivity contribution in [1.29, 1.82) is 0 Å². The fourth-order valence-electron chi connectivity index (χ4n) is 2.02. The van der Waals surface area contributed by atoms with Crippen LogP contribution in [0.4, 0.5) is 0 Å². The Morgan fingerprint density at radius 1 is 1.45 bits per heavy atom. The molecule has 1 aromatic carbocycles. The first-order valence-electron chi connectivity index (χ1n) is 6.26. The van der Waals surface area contributed by atoms with E-state index in [1.165, 1.54) is 18.0 Å². The van der Waals surface area contributed by atoms with Gasteiger partial charge in [-0.05, 0) is 12.1 Å². The Labute approximate surface area is 137 Å². The van der Waals surface area contributed by atoms with Crippen molar-refractivity contribution < 1.29 is 9.21 Å². The third-order valence-electron chi connectivity index (χ3n) is 3.09. The summed E-state index contributed by atoms with van der Waals surface area (Å²) in [5, 5.41) is 8.97. The van der Waals surface area contributed by atoms with Crippen LogP contribution in [0.5, 0.6) is 0 Å². The maximum absolute atomic E-state index is 12.2. The molecule has 0 N–H and O–H groups in total. The number of carbonyl (C=O) groups excluding carboxylic acids is 1. The van der Waals surface area contributed by atoms with Crippen LogP contribution in [0.15, 0.2) is 43.6 Å². The largest absolute Gasteiger partial charge is 0.463 e. The van der Waals surface area contributed by atoms with E-state index >= 15 is 0 Å². The maximum Gasteiger partial charge on any atom is 0.203 e. The third kappa shape index (κ3) is 2.71. The van der Waals surface area contributed by atoms with Gasteiger partial charge >= 0.3 is 0 Å². The molecule has 0 radical (unpaired) electrons. The lowest BCUT2D eigenvalue weighted by Gasteiger charge is -2.06. The Bertz CT molecular complexity index is 919. The van der Waals surface area contributed by atoms with Crippen molar-refractivity contribution in [2.24, 2.45) is 7.05 Å². The Balaban J connectivity index is 2.06. The molecule has 2 heterocycles. The molecular formula is C14H10BrN3O3S. The van der Waals surface area contributed by atoms with Gasteiger partial charge < -0.3 is 8.98 Å². The van der Waals surface area contributed by atoms with Crippen molar-refractivity contribution in [3.8, 4) is 0 Å². The van der Waals surface area contributed by atoms with E-state index in [4.69, 9.17) is 4.42 Å². The molecule has 0 saturated heterocycles. The number of hydrogen-bond acceptors (Lipinski definition) is 6. The normalized spacial score (nSPS) is 11.0. The second kappa shape index (κ2) is 6.05. The zero-order valence-electron chi connectivity index (χ0n) is 11.4. The number of halogens is 1. The van der Waals surface area contributed by atoms with Crippen molar-refractivity contribution in [3.05, 3.63) is 50.5 Å². The Morgan fingerprint density at radius 2 is 2.27 bits per heavy atom. The SMILES string of the molecule is Cn1cnnc1SCc1cc(Br)cc2c(=O)c(C=O)coc12. The molecule has 3 rings (SSSR count). The number of benzene rings is 1. The van der Waals surface area contributed by atoms with Gasteiger partial charge in [-0.15, -0.1) is 10.2 Å². The monoisotopic (exact) mass is 379 g/mol. The Kier molecular flexibility index (Phi) is 4.12. The number of aldehydes is 1. The number of fused-ring (bicyclic) bond motifs is 1. The number of carbonyl (C=O) groups is 1. The zero-order chi connectivity index (χ0) is 15.7. The van der Waals surface area contributed by atoms with Crippen LogP contribution in [-0.4, -0.2) is 21.1 Å². The average molecular weight is 380 g/mol. The quantitative estimate of drug-likeness (QED) is 0.512. The van der Waals surface area contributed by atoms with Gasteiger partial charge in [0.1, 0.15) is 18.2 Å². The molecule has 0 fully saturated rings. The van der Waals surface area contributed by atoms with Crippen LogP contribution >= 0.6 is 27.7 Å². The van der Waals surface area contributed by atoms with Crippen molar-refractivity contribution in [2.45, 2.75) is 10.9 Å². The van der Waals surface area contributed by atoms with E-state index < -0.39 is 0 Å². The molecular weight excluding hydrogens is 370 g/mol. The molecule has 0 amide bonds. The molecule has 3 aromatic rings. The highest BCUT2D eigenvalue weighted by molar-refractivity contribution is 9.10. The van der Waals surface area contributed by atoms with E-state index in [1.54, 1.807) is 12.4 Å². The van der Waals surface area contributed by atoms with Crippen LogP contribution in [0.25, 0.3) is 11.0 Å². The highest BCUT2D eigenvalue weighted by Crippen LogP contribution is 2.28. The van der Waals surface area contributed by atoms with Crippen LogP contribution < -0.4 is 5.43 Å². The Morgan fingerprint density at radius 3 is 2.95 bits per heavy atom. The molecule has 0 spiro atoms. The minimum absolute atomic E-state index is 0.0116. The molecule has 112 valence electrons. The summed E-state index contributed by atoms with van der Waals surface area (Å²) in [6, 6.07) is 3.54. The molecule has 8 heteroatoms. The van der Waals surface area contributed by atoms with E-state index in [1.807, 2.05) is 17.7 Å². The molecule has 0 bridgehead atoms. The molecule has 0 saturated carbocycles. The summed E-state index contributed by atoms with van der Waals surface area (Å²) in [6.07, 6.45) is 3.32. The smallest absolute Gasteiger partial charge is 0.203 e. The van der Waals surface area contributed by atoms with Crippen molar-refractivity contribution >= 4 is 44.9 Å². The first kappa shape index (κ1) is 15.0. The number of aryl methyl sites for hydroxylation is 1. The summed E-state index contributed by atoms with van der Waals surface area (Å²) in [5.74, 6) is 0.561. The molecule has 22 heavy (non-hydrogen) atoms. The standard InChI is InChI=1S/C14H10BrN3O3S/c1-18-7-16-17-14(18)22-6-8-2-10(15)3-11-12(20)9(4-19)5-21-13(8)11/h2-5,7H,6H2,1H3. The zero-order valence-corrected chi connectivity index (χ0v) is 13.8. The van der Waals surface area contributed by atoms with Gasteiger partial charge in [-0.1, -0.05) is 27.7 Å². The van der Waals surface area contributed by atoms with E-state index in [9.17, 15) is 9.59 Å². The van der Waals surface area contributed by atoms with E-state index in [0.29, 0.717) is 23.0 Å². The highest BCUT2D eigenvalue weighted by atomic mass is 79.9. The number of thioether (sulfide) groups is 1. The van der Waals surface area contributed by atoms with Crippen molar-refractivity contribution in [1.82, 2.24) is 14.8 Å². The molecule has 0 aliphatic heterocycles. The van der Waals surface area contributed by atoms with Gasteiger partial charge in [-0.25, -0.2) is 0 Å². The van der Waals surface area contributed by atoms with Gasteiger partial charge in [0.2, 0.25) is 5.43 Å². The summed E-state index contributed by atoms with van der Waals surface area (Å²) >= 11 is 4.87. The molecule has 0 aliphatic carbocycles. The lowest BCUT2D eigenvalue weighted by atomic mass is 10.1. The van der Waals surface area contributed by atoms with Gasteiger partial charge in [-0.3, -0.25) is 9.59 Å². The topological polar surface area (TPSA) is 78.0 Å². The summed E-state index contributed by atoms with van der Waals surface area (Å²) in [4.78, 5) is 23.1.